The Kier molecular flexibility index (Phi) is 4.43. The van der Waals surface area contributed by atoms with Crippen LogP contribution in [0, 0.1) is 19.8 Å². The summed E-state index contributed by atoms with van der Waals surface area (Å²) in [7, 11) is 0. The van der Waals surface area contributed by atoms with Gasteiger partial charge in [0.25, 0.3) is 5.91 Å². The molecular weight excluding hydrogens is 310 g/mol. The number of anilines is 1. The van der Waals surface area contributed by atoms with Crippen LogP contribution in [0.3, 0.4) is 0 Å². The maximum atomic E-state index is 12.4. The van der Waals surface area contributed by atoms with Gasteiger partial charge in [-0.15, -0.1) is 5.10 Å². The average molecular weight is 331 g/mol. The Labute approximate surface area is 139 Å². The predicted octanol–water partition coefficient (Wildman–Crippen LogP) is 0.629. The van der Waals surface area contributed by atoms with Crippen molar-refractivity contribution >= 4 is 17.6 Å². The molecule has 9 heteroatoms. The number of nitrogens with two attached hydrogens (primary N) is 1. The predicted molar refractivity (Wildman–Crippen MR) is 86.2 cm³/mol. The van der Waals surface area contributed by atoms with Gasteiger partial charge in [-0.05, 0) is 26.7 Å². The molecule has 0 saturated heterocycles. The van der Waals surface area contributed by atoms with Crippen LogP contribution < -0.4 is 11.1 Å². The maximum absolute atomic E-state index is 12.4. The summed E-state index contributed by atoms with van der Waals surface area (Å²) in [5, 5.41) is 14.7. The van der Waals surface area contributed by atoms with Crippen molar-refractivity contribution in [1.29, 1.82) is 0 Å². The molecule has 3 rings (SSSR count). The van der Waals surface area contributed by atoms with Crippen molar-refractivity contribution in [2.24, 2.45) is 11.7 Å². The molecular formula is C15H21N7O2. The highest BCUT2D eigenvalue weighted by Gasteiger charge is 2.25. The highest BCUT2D eigenvalue weighted by atomic mass is 16.2. The van der Waals surface area contributed by atoms with Crippen LogP contribution in [0.1, 0.15) is 41.0 Å². The van der Waals surface area contributed by atoms with Crippen molar-refractivity contribution in [1.82, 2.24) is 24.8 Å². The van der Waals surface area contributed by atoms with Crippen LogP contribution in [0.15, 0.2) is 6.20 Å². The number of nitrogens with one attached hydrogen (secondary N) is 1. The van der Waals surface area contributed by atoms with E-state index < -0.39 is 0 Å². The molecule has 0 aromatic carbocycles. The summed E-state index contributed by atoms with van der Waals surface area (Å²) < 4.78 is 2.73. The van der Waals surface area contributed by atoms with Gasteiger partial charge in [-0.25, -0.2) is 9.36 Å². The lowest BCUT2D eigenvalue weighted by molar-refractivity contribution is -0.122. The molecule has 1 amide bonds. The monoisotopic (exact) mass is 331 g/mol. The quantitative estimate of drug-likeness (QED) is 0.829. The Bertz CT molecular complexity index is 773. The number of hydrogen-bond donors (Lipinski definition) is 2. The highest BCUT2D eigenvalue weighted by molar-refractivity contribution is 5.92. The van der Waals surface area contributed by atoms with Crippen LogP contribution in [-0.4, -0.2) is 36.6 Å². The van der Waals surface area contributed by atoms with Crippen LogP contribution in [0.5, 0.6) is 0 Å². The molecule has 1 aliphatic carbocycles. The van der Waals surface area contributed by atoms with E-state index >= 15 is 0 Å². The first-order valence-electron chi connectivity index (χ1n) is 7.99. The number of aryl methyl sites for hydroxylation is 1. The summed E-state index contributed by atoms with van der Waals surface area (Å²) in [6.45, 7) is 3.96. The number of hydrogen-bond acceptors (Lipinski definition) is 6. The molecule has 1 saturated carbocycles. The van der Waals surface area contributed by atoms with Gasteiger partial charge in [0.05, 0.1) is 11.9 Å². The molecule has 2 heterocycles. The van der Waals surface area contributed by atoms with E-state index in [0.29, 0.717) is 12.4 Å². The van der Waals surface area contributed by atoms with Gasteiger partial charge in [-0.1, -0.05) is 11.6 Å². The average Bonchev–Trinajstić information content (AvgIpc) is 3.01. The molecule has 3 N–H and O–H groups in total. The zero-order valence-electron chi connectivity index (χ0n) is 13.8. The summed E-state index contributed by atoms with van der Waals surface area (Å²) in [6.07, 6.45) is 4.47. The molecule has 0 bridgehead atoms. The van der Waals surface area contributed by atoms with Crippen LogP contribution in [-0.2, 0) is 17.9 Å². The third kappa shape index (κ3) is 3.07. The van der Waals surface area contributed by atoms with E-state index in [-0.39, 0.29) is 24.3 Å². The molecule has 24 heavy (non-hydrogen) atoms. The fourth-order valence-electron chi connectivity index (χ4n) is 2.75. The normalized spacial score (nSPS) is 14.5. The van der Waals surface area contributed by atoms with Crippen LogP contribution in [0.4, 0.5) is 5.82 Å². The topological polar surface area (TPSA) is 121 Å². The molecule has 0 aliphatic heterocycles. The lowest BCUT2D eigenvalue weighted by Gasteiger charge is -2.23. The van der Waals surface area contributed by atoms with E-state index in [1.54, 1.807) is 6.20 Å². The van der Waals surface area contributed by atoms with Crippen molar-refractivity contribution in [2.75, 3.05) is 5.32 Å². The Morgan fingerprint density at radius 1 is 1.38 bits per heavy atom. The van der Waals surface area contributed by atoms with Gasteiger partial charge in [0, 0.05) is 23.7 Å². The zero-order chi connectivity index (χ0) is 17.3. The lowest BCUT2D eigenvalue weighted by atomic mass is 9.85. The van der Waals surface area contributed by atoms with Crippen molar-refractivity contribution < 1.29 is 9.59 Å². The Balaban J connectivity index is 1.66. The van der Waals surface area contributed by atoms with E-state index in [2.05, 4.69) is 20.7 Å². The van der Waals surface area contributed by atoms with Crippen LogP contribution in [0.2, 0.25) is 0 Å². The standard InChI is InChI=1S/C15H21N7O2/c1-9-12(6-16)10(2)22(19-9)14(23)8-21-7-13(18-20-21)17-15(24)11-4-3-5-11/h7,11H,3-6,8,16H2,1-2H3,(H,17,24). The summed E-state index contributed by atoms with van der Waals surface area (Å²) >= 11 is 0. The molecule has 2 aromatic rings. The van der Waals surface area contributed by atoms with Crippen LogP contribution in [0.25, 0.3) is 0 Å². The summed E-state index contributed by atoms with van der Waals surface area (Å²) in [5.41, 5.74) is 8.03. The molecule has 1 fully saturated rings. The van der Waals surface area contributed by atoms with E-state index in [1.807, 2.05) is 13.8 Å². The summed E-state index contributed by atoms with van der Waals surface area (Å²) in [4.78, 5) is 24.3. The van der Waals surface area contributed by atoms with E-state index in [9.17, 15) is 9.59 Å². The number of amides is 1. The number of nitrogens with zero attached hydrogens (tertiary/aromatic N) is 5. The number of aromatic nitrogens is 5. The van der Waals surface area contributed by atoms with Crippen molar-refractivity contribution in [3.63, 3.8) is 0 Å². The van der Waals surface area contributed by atoms with Crippen molar-refractivity contribution in [3.8, 4) is 0 Å². The smallest absolute Gasteiger partial charge is 0.268 e. The molecule has 0 unspecified atom stereocenters. The first-order valence-corrected chi connectivity index (χ1v) is 7.99. The summed E-state index contributed by atoms with van der Waals surface area (Å²) in [6, 6.07) is 0. The molecule has 0 radical (unpaired) electrons. The molecule has 128 valence electrons. The third-order valence-corrected chi connectivity index (χ3v) is 4.44. The first kappa shape index (κ1) is 16.3. The van der Waals surface area contributed by atoms with Gasteiger partial charge >= 0.3 is 0 Å². The Hall–Kier alpha value is -2.55. The van der Waals surface area contributed by atoms with E-state index in [4.69, 9.17) is 5.73 Å². The fourth-order valence-corrected chi connectivity index (χ4v) is 2.75. The molecule has 0 atom stereocenters. The summed E-state index contributed by atoms with van der Waals surface area (Å²) in [5.74, 6) is 0.153. The Morgan fingerprint density at radius 2 is 2.12 bits per heavy atom. The Morgan fingerprint density at radius 3 is 2.71 bits per heavy atom. The minimum atomic E-state index is -0.239. The van der Waals surface area contributed by atoms with Crippen molar-refractivity contribution in [3.05, 3.63) is 23.1 Å². The molecule has 0 spiro atoms. The van der Waals surface area contributed by atoms with E-state index in [1.165, 1.54) is 9.36 Å². The van der Waals surface area contributed by atoms with Crippen molar-refractivity contribution in [2.45, 2.75) is 46.2 Å². The fraction of sp³-hybridized carbons (Fsp3) is 0.533. The molecule has 2 aromatic heterocycles. The number of carbonyl (C=O) groups is 2. The second-order valence-corrected chi connectivity index (χ2v) is 6.08. The largest absolute Gasteiger partial charge is 0.326 e. The minimum Gasteiger partial charge on any atom is -0.326 e. The molecule has 1 aliphatic rings. The van der Waals surface area contributed by atoms with Gasteiger partial charge in [-0.2, -0.15) is 5.10 Å². The van der Waals surface area contributed by atoms with Gasteiger partial charge in [0.2, 0.25) is 5.91 Å². The SMILES string of the molecule is Cc1nn(C(=O)Cn2cc(NC(=O)C3CCC3)nn2)c(C)c1CN. The van der Waals surface area contributed by atoms with Gasteiger partial charge < -0.3 is 11.1 Å². The second-order valence-electron chi connectivity index (χ2n) is 6.08. The number of rotatable bonds is 5. The first-order chi connectivity index (χ1) is 11.5. The van der Waals surface area contributed by atoms with Crippen LogP contribution >= 0.6 is 0 Å². The van der Waals surface area contributed by atoms with Gasteiger partial charge in [-0.3, -0.25) is 9.59 Å². The second kappa shape index (κ2) is 6.52. The van der Waals surface area contributed by atoms with Gasteiger partial charge in [0.15, 0.2) is 5.82 Å². The minimum absolute atomic E-state index is 0.0156. The lowest BCUT2D eigenvalue weighted by Crippen LogP contribution is -2.28. The molecule has 9 nitrogen and oxygen atoms in total. The van der Waals surface area contributed by atoms with E-state index in [0.717, 1.165) is 36.2 Å². The maximum Gasteiger partial charge on any atom is 0.268 e. The van der Waals surface area contributed by atoms with Gasteiger partial charge in [0.1, 0.15) is 6.54 Å². The zero-order valence-corrected chi connectivity index (χ0v) is 13.8. The third-order valence-electron chi connectivity index (χ3n) is 4.44. The number of carbonyl (C=O) groups excluding carboxylic acids is 2. The highest BCUT2D eigenvalue weighted by Crippen LogP contribution is 2.27.